The van der Waals surface area contributed by atoms with Crippen LogP contribution in [0.5, 0.6) is 0 Å². The smallest absolute Gasteiger partial charge is 0.418 e. The minimum atomic E-state index is -4.60. The van der Waals surface area contributed by atoms with Gasteiger partial charge in [0.15, 0.2) is 0 Å². The molecular formula is C22H23F3N4O2. The van der Waals surface area contributed by atoms with Crippen LogP contribution in [0.2, 0.25) is 0 Å². The van der Waals surface area contributed by atoms with E-state index < -0.39 is 17.8 Å². The normalized spacial score (nSPS) is 11.3. The number of halogens is 3. The lowest BCUT2D eigenvalue weighted by Crippen LogP contribution is -2.31. The average Bonchev–Trinajstić information content (AvgIpc) is 3.16. The molecular weight excluding hydrogens is 409 g/mol. The fourth-order valence-corrected chi connectivity index (χ4v) is 2.88. The molecule has 2 N–H and O–H groups in total. The van der Waals surface area contributed by atoms with Crippen LogP contribution in [-0.2, 0) is 12.6 Å². The Morgan fingerprint density at radius 2 is 1.84 bits per heavy atom. The molecule has 9 heteroatoms. The van der Waals surface area contributed by atoms with Crippen LogP contribution in [0.1, 0.15) is 16.8 Å². The third-order valence-electron chi connectivity index (χ3n) is 4.59. The van der Waals surface area contributed by atoms with Gasteiger partial charge in [0.2, 0.25) is 5.89 Å². The van der Waals surface area contributed by atoms with Crippen molar-refractivity contribution >= 4 is 17.4 Å². The summed E-state index contributed by atoms with van der Waals surface area (Å²) >= 11 is 0. The van der Waals surface area contributed by atoms with E-state index in [9.17, 15) is 18.0 Å². The molecule has 0 aliphatic heterocycles. The summed E-state index contributed by atoms with van der Waals surface area (Å²) in [6, 6.07) is 10.7. The van der Waals surface area contributed by atoms with Crippen molar-refractivity contribution in [3.05, 3.63) is 65.5 Å². The summed E-state index contributed by atoms with van der Waals surface area (Å²) in [5.74, 6) is 0.468. The van der Waals surface area contributed by atoms with Gasteiger partial charge < -0.3 is 20.0 Å². The van der Waals surface area contributed by atoms with Gasteiger partial charge in [-0.1, -0.05) is 17.7 Å². The Labute approximate surface area is 178 Å². The molecule has 2 aromatic carbocycles. The van der Waals surface area contributed by atoms with Gasteiger partial charge in [-0.2, -0.15) is 13.2 Å². The first kappa shape index (κ1) is 22.2. The molecule has 0 radical (unpaired) electrons. The zero-order chi connectivity index (χ0) is 22.6. The van der Waals surface area contributed by atoms with Gasteiger partial charge in [0.1, 0.15) is 6.26 Å². The van der Waals surface area contributed by atoms with E-state index in [1.165, 1.54) is 18.4 Å². The maximum absolute atomic E-state index is 13.4. The molecule has 0 aliphatic rings. The number of hydrogen-bond acceptors (Lipinski definition) is 4. The molecule has 0 bridgehead atoms. The predicted octanol–water partition coefficient (Wildman–Crippen LogP) is 5.10. The lowest BCUT2D eigenvalue weighted by atomic mass is 10.1. The lowest BCUT2D eigenvalue weighted by Gasteiger charge is -2.18. The van der Waals surface area contributed by atoms with Gasteiger partial charge in [-0.15, -0.1) is 0 Å². The molecule has 2 amide bonds. The molecule has 0 aliphatic carbocycles. The lowest BCUT2D eigenvalue weighted by molar-refractivity contribution is -0.136. The zero-order valence-corrected chi connectivity index (χ0v) is 17.4. The fraction of sp³-hybridized carbons (Fsp3) is 0.273. The van der Waals surface area contributed by atoms with E-state index in [0.29, 0.717) is 23.7 Å². The maximum atomic E-state index is 13.4. The first-order valence-electron chi connectivity index (χ1n) is 9.58. The Bertz CT molecular complexity index is 1040. The summed E-state index contributed by atoms with van der Waals surface area (Å²) in [5, 5.41) is 4.82. The highest BCUT2D eigenvalue weighted by molar-refractivity contribution is 5.90. The summed E-state index contributed by atoms with van der Waals surface area (Å²) < 4.78 is 45.6. The summed E-state index contributed by atoms with van der Waals surface area (Å²) in [6.45, 7) is 2.17. The second-order valence-corrected chi connectivity index (χ2v) is 7.26. The number of carbonyl (C=O) groups excluding carboxylic acids is 1. The van der Waals surface area contributed by atoms with Crippen LogP contribution >= 0.6 is 0 Å². The van der Waals surface area contributed by atoms with Gasteiger partial charge in [0.25, 0.3) is 0 Å². The van der Waals surface area contributed by atoms with Crippen LogP contribution in [0.15, 0.2) is 53.1 Å². The quantitative estimate of drug-likeness (QED) is 0.569. The van der Waals surface area contributed by atoms with Crippen LogP contribution in [0, 0.1) is 6.92 Å². The van der Waals surface area contributed by atoms with E-state index >= 15 is 0 Å². The topological polar surface area (TPSA) is 70.4 Å². The summed E-state index contributed by atoms with van der Waals surface area (Å²) in [6.07, 6.45) is -2.73. The SMILES string of the molecule is Cc1ccc(-c2nc(CCNC(=O)Nc3ccc(N(C)C)cc3C(F)(F)F)co2)cc1. The number of rotatable bonds is 6. The van der Waals surface area contributed by atoms with E-state index in [4.69, 9.17) is 4.42 Å². The molecule has 3 rings (SSSR count). The number of amides is 2. The second kappa shape index (κ2) is 9.11. The van der Waals surface area contributed by atoms with Crippen molar-refractivity contribution in [3.8, 4) is 11.5 Å². The molecule has 0 atom stereocenters. The number of anilines is 2. The van der Waals surface area contributed by atoms with E-state index in [1.54, 1.807) is 19.0 Å². The molecule has 0 saturated heterocycles. The van der Waals surface area contributed by atoms with Crippen LogP contribution in [0.25, 0.3) is 11.5 Å². The number of nitrogens with one attached hydrogen (secondary N) is 2. The first-order valence-corrected chi connectivity index (χ1v) is 9.58. The molecule has 0 unspecified atom stereocenters. The van der Waals surface area contributed by atoms with Gasteiger partial charge in [-0.05, 0) is 37.3 Å². The molecule has 0 spiro atoms. The number of carbonyl (C=O) groups is 1. The number of nitrogens with zero attached hydrogens (tertiary/aromatic N) is 2. The summed E-state index contributed by atoms with van der Waals surface area (Å²) in [4.78, 5) is 18.0. The Hall–Kier alpha value is -3.49. The third-order valence-corrected chi connectivity index (χ3v) is 4.59. The number of aromatic nitrogens is 1. The van der Waals surface area contributed by atoms with Crippen molar-refractivity contribution in [2.75, 3.05) is 30.9 Å². The number of aryl methyl sites for hydroxylation is 1. The molecule has 6 nitrogen and oxygen atoms in total. The number of benzene rings is 2. The van der Waals surface area contributed by atoms with Crippen molar-refractivity contribution in [2.24, 2.45) is 0 Å². The Kier molecular flexibility index (Phi) is 6.53. The summed E-state index contributed by atoms with van der Waals surface area (Å²) in [7, 11) is 3.28. The highest BCUT2D eigenvalue weighted by Gasteiger charge is 2.34. The van der Waals surface area contributed by atoms with Crippen LogP contribution < -0.4 is 15.5 Å². The van der Waals surface area contributed by atoms with Crippen molar-refractivity contribution in [1.29, 1.82) is 0 Å². The van der Waals surface area contributed by atoms with E-state index in [2.05, 4.69) is 15.6 Å². The average molecular weight is 432 g/mol. The van der Waals surface area contributed by atoms with Gasteiger partial charge in [-0.25, -0.2) is 9.78 Å². The fourth-order valence-electron chi connectivity index (χ4n) is 2.88. The van der Waals surface area contributed by atoms with Gasteiger partial charge >= 0.3 is 12.2 Å². The highest BCUT2D eigenvalue weighted by atomic mass is 19.4. The molecule has 31 heavy (non-hydrogen) atoms. The largest absolute Gasteiger partial charge is 0.444 e. The van der Waals surface area contributed by atoms with Crippen molar-refractivity contribution in [1.82, 2.24) is 10.3 Å². The summed E-state index contributed by atoms with van der Waals surface area (Å²) in [5.41, 5.74) is 1.75. The number of urea groups is 1. The minimum Gasteiger partial charge on any atom is -0.444 e. The molecule has 164 valence electrons. The monoisotopic (exact) mass is 432 g/mol. The molecule has 0 fully saturated rings. The first-order chi connectivity index (χ1) is 14.6. The Balaban J connectivity index is 1.58. The van der Waals surface area contributed by atoms with Crippen LogP contribution in [-0.4, -0.2) is 31.7 Å². The number of hydrogen-bond donors (Lipinski definition) is 2. The van der Waals surface area contributed by atoms with Gasteiger partial charge in [-0.3, -0.25) is 0 Å². The van der Waals surface area contributed by atoms with Crippen molar-refractivity contribution < 1.29 is 22.4 Å². The zero-order valence-electron chi connectivity index (χ0n) is 17.4. The van der Waals surface area contributed by atoms with Gasteiger partial charge in [0, 0.05) is 38.3 Å². The van der Waals surface area contributed by atoms with Crippen molar-refractivity contribution in [3.63, 3.8) is 0 Å². The molecule has 3 aromatic rings. The Morgan fingerprint density at radius 1 is 1.13 bits per heavy atom. The van der Waals surface area contributed by atoms with Crippen LogP contribution in [0.3, 0.4) is 0 Å². The third kappa shape index (κ3) is 5.78. The number of alkyl halides is 3. The standard InChI is InChI=1S/C22H23F3N4O2/c1-14-4-6-15(7-5-14)20-27-16(13-31-20)10-11-26-21(30)28-19-9-8-17(29(2)3)12-18(19)22(23,24)25/h4-9,12-13H,10-11H2,1-3H3,(H2,26,28,30). The maximum Gasteiger partial charge on any atom is 0.418 e. The van der Waals surface area contributed by atoms with Crippen LogP contribution in [0.4, 0.5) is 29.3 Å². The van der Waals surface area contributed by atoms with E-state index in [-0.39, 0.29) is 12.2 Å². The van der Waals surface area contributed by atoms with Crippen molar-refractivity contribution in [2.45, 2.75) is 19.5 Å². The molecule has 1 aromatic heterocycles. The molecule has 0 saturated carbocycles. The highest BCUT2D eigenvalue weighted by Crippen LogP contribution is 2.37. The predicted molar refractivity (Wildman–Crippen MR) is 113 cm³/mol. The van der Waals surface area contributed by atoms with Gasteiger partial charge in [0.05, 0.1) is 16.9 Å². The van der Waals surface area contributed by atoms with E-state index in [1.807, 2.05) is 31.2 Å². The van der Waals surface area contributed by atoms with E-state index in [0.717, 1.165) is 17.2 Å². The Morgan fingerprint density at radius 3 is 2.48 bits per heavy atom. The second-order valence-electron chi connectivity index (χ2n) is 7.26. The molecule has 1 heterocycles. The minimum absolute atomic E-state index is 0.183. The number of oxazole rings is 1.